The van der Waals surface area contributed by atoms with Crippen LogP contribution in [-0.4, -0.2) is 17.4 Å². The molecule has 0 aliphatic carbocycles. The van der Waals surface area contributed by atoms with Gasteiger partial charge in [-0.05, 0) is 24.5 Å². The van der Waals surface area contributed by atoms with Gasteiger partial charge in [-0.15, -0.1) is 11.6 Å². The highest BCUT2D eigenvalue weighted by atomic mass is 35.5. The zero-order valence-electron chi connectivity index (χ0n) is 8.74. The maximum absolute atomic E-state index is 12.0. The normalized spacial score (nSPS) is 10.6. The standard InChI is InChI=1S/C10H10ClF2NO3/c11-5-1-2-7-3-4-9(17-10(12)13)8(6-7)14(15)16/h3-4,6,10H,1-2,5H2. The first-order valence-corrected chi connectivity index (χ1v) is 5.36. The maximum atomic E-state index is 12.0. The smallest absolute Gasteiger partial charge is 0.387 e. The van der Waals surface area contributed by atoms with Crippen molar-refractivity contribution in [1.29, 1.82) is 0 Å². The number of hydrogen-bond donors (Lipinski definition) is 0. The Morgan fingerprint density at radius 1 is 1.47 bits per heavy atom. The molecule has 0 bridgehead atoms. The summed E-state index contributed by atoms with van der Waals surface area (Å²) < 4.78 is 28.1. The molecule has 1 aromatic rings. The fourth-order valence-electron chi connectivity index (χ4n) is 1.33. The Hall–Kier alpha value is -1.43. The molecule has 0 aromatic heterocycles. The van der Waals surface area contributed by atoms with Gasteiger partial charge in [0.15, 0.2) is 0 Å². The fourth-order valence-corrected chi connectivity index (χ4v) is 1.46. The van der Waals surface area contributed by atoms with Crippen molar-refractivity contribution in [3.8, 4) is 5.75 Å². The van der Waals surface area contributed by atoms with Crippen LogP contribution in [0.2, 0.25) is 0 Å². The van der Waals surface area contributed by atoms with Gasteiger partial charge in [-0.2, -0.15) is 8.78 Å². The molecule has 0 amide bonds. The summed E-state index contributed by atoms with van der Waals surface area (Å²) in [6.07, 6.45) is 1.22. The third-order valence-electron chi connectivity index (χ3n) is 2.04. The van der Waals surface area contributed by atoms with Gasteiger partial charge in [0.1, 0.15) is 0 Å². The van der Waals surface area contributed by atoms with E-state index < -0.39 is 23.0 Å². The van der Waals surface area contributed by atoms with Crippen LogP contribution in [0.15, 0.2) is 18.2 Å². The third kappa shape index (κ3) is 4.14. The summed E-state index contributed by atoms with van der Waals surface area (Å²) in [5, 5.41) is 10.7. The predicted molar refractivity (Wildman–Crippen MR) is 58.8 cm³/mol. The molecule has 94 valence electrons. The number of aryl methyl sites for hydroxylation is 1. The van der Waals surface area contributed by atoms with Gasteiger partial charge in [0.2, 0.25) is 5.75 Å². The van der Waals surface area contributed by atoms with Gasteiger partial charge < -0.3 is 4.74 Å². The second kappa shape index (κ2) is 6.34. The number of benzene rings is 1. The van der Waals surface area contributed by atoms with Gasteiger partial charge in [0.25, 0.3) is 0 Å². The van der Waals surface area contributed by atoms with E-state index in [-0.39, 0.29) is 0 Å². The molecule has 7 heteroatoms. The van der Waals surface area contributed by atoms with Gasteiger partial charge in [-0.3, -0.25) is 10.1 Å². The molecule has 0 atom stereocenters. The minimum Gasteiger partial charge on any atom is -0.427 e. The summed E-state index contributed by atoms with van der Waals surface area (Å²) in [6, 6.07) is 3.91. The van der Waals surface area contributed by atoms with Crippen LogP contribution >= 0.6 is 11.6 Å². The molecule has 1 aromatic carbocycles. The monoisotopic (exact) mass is 265 g/mol. The largest absolute Gasteiger partial charge is 0.427 e. The van der Waals surface area contributed by atoms with Crippen molar-refractivity contribution < 1.29 is 18.4 Å². The summed E-state index contributed by atoms with van der Waals surface area (Å²) >= 11 is 5.50. The lowest BCUT2D eigenvalue weighted by atomic mass is 10.1. The van der Waals surface area contributed by atoms with E-state index >= 15 is 0 Å². The number of nitro groups is 1. The van der Waals surface area contributed by atoms with Crippen molar-refractivity contribution in [2.75, 3.05) is 5.88 Å². The number of ether oxygens (including phenoxy) is 1. The fraction of sp³-hybridized carbons (Fsp3) is 0.400. The first kappa shape index (κ1) is 13.6. The van der Waals surface area contributed by atoms with E-state index in [4.69, 9.17) is 11.6 Å². The number of nitrogens with zero attached hydrogens (tertiary/aromatic N) is 1. The van der Waals surface area contributed by atoms with Crippen LogP contribution < -0.4 is 4.74 Å². The van der Waals surface area contributed by atoms with E-state index in [1.54, 1.807) is 0 Å². The lowest BCUT2D eigenvalue weighted by Crippen LogP contribution is -2.05. The Balaban J connectivity index is 2.95. The van der Waals surface area contributed by atoms with Gasteiger partial charge in [0.05, 0.1) is 4.92 Å². The number of halogens is 3. The Labute approximate surface area is 101 Å². The predicted octanol–water partition coefficient (Wildman–Crippen LogP) is 3.37. The molecule has 0 heterocycles. The molecule has 0 saturated carbocycles. The van der Waals surface area contributed by atoms with E-state index in [9.17, 15) is 18.9 Å². The second-order valence-electron chi connectivity index (χ2n) is 3.23. The SMILES string of the molecule is O=[N+]([O-])c1cc(CCCCl)ccc1OC(F)F. The van der Waals surface area contributed by atoms with Crippen LogP contribution in [0, 0.1) is 10.1 Å². The molecule has 17 heavy (non-hydrogen) atoms. The summed E-state index contributed by atoms with van der Waals surface area (Å²) in [7, 11) is 0. The molecular weight excluding hydrogens is 256 g/mol. The molecule has 1 rings (SSSR count). The summed E-state index contributed by atoms with van der Waals surface area (Å²) in [6.45, 7) is -3.08. The van der Waals surface area contributed by atoms with Crippen LogP contribution in [0.1, 0.15) is 12.0 Å². The molecule has 4 nitrogen and oxygen atoms in total. The molecule has 0 aliphatic heterocycles. The highest BCUT2D eigenvalue weighted by molar-refractivity contribution is 6.17. The van der Waals surface area contributed by atoms with Crippen molar-refractivity contribution in [3.63, 3.8) is 0 Å². The average Bonchev–Trinajstić information content (AvgIpc) is 2.26. The summed E-state index contributed by atoms with van der Waals surface area (Å²) in [4.78, 5) is 9.94. The zero-order chi connectivity index (χ0) is 12.8. The number of rotatable bonds is 6. The van der Waals surface area contributed by atoms with E-state index in [1.807, 2.05) is 0 Å². The maximum Gasteiger partial charge on any atom is 0.387 e. The number of nitro benzene ring substituents is 1. The van der Waals surface area contributed by atoms with Gasteiger partial charge >= 0.3 is 12.3 Å². The van der Waals surface area contributed by atoms with Gasteiger partial charge in [0, 0.05) is 11.9 Å². The molecule has 0 N–H and O–H groups in total. The van der Waals surface area contributed by atoms with Crippen LogP contribution in [0.3, 0.4) is 0 Å². The Morgan fingerprint density at radius 3 is 2.71 bits per heavy atom. The minimum atomic E-state index is -3.08. The zero-order valence-corrected chi connectivity index (χ0v) is 9.49. The van der Waals surface area contributed by atoms with Crippen LogP contribution in [0.4, 0.5) is 14.5 Å². The summed E-state index contributed by atoms with van der Waals surface area (Å²) in [5.41, 5.74) is 0.205. The second-order valence-corrected chi connectivity index (χ2v) is 3.61. The Bertz CT molecular complexity index is 401. The van der Waals surface area contributed by atoms with Crippen molar-refractivity contribution in [2.45, 2.75) is 19.5 Å². The first-order valence-electron chi connectivity index (χ1n) is 4.82. The molecule has 0 unspecified atom stereocenters. The highest BCUT2D eigenvalue weighted by Crippen LogP contribution is 2.29. The van der Waals surface area contributed by atoms with Crippen molar-refractivity contribution >= 4 is 17.3 Å². The van der Waals surface area contributed by atoms with Crippen molar-refractivity contribution in [1.82, 2.24) is 0 Å². The Morgan fingerprint density at radius 2 is 2.18 bits per heavy atom. The van der Waals surface area contributed by atoms with E-state index in [2.05, 4.69) is 4.74 Å². The van der Waals surface area contributed by atoms with Crippen molar-refractivity contribution in [2.24, 2.45) is 0 Å². The van der Waals surface area contributed by atoms with Crippen LogP contribution in [0.5, 0.6) is 5.75 Å². The highest BCUT2D eigenvalue weighted by Gasteiger charge is 2.18. The number of alkyl halides is 3. The minimum absolute atomic E-state index is 0.431. The Kier molecular flexibility index (Phi) is 5.09. The molecule has 0 fully saturated rings. The molecule has 0 spiro atoms. The molecule has 0 radical (unpaired) electrons. The molecular formula is C10H10ClF2NO3. The lowest BCUT2D eigenvalue weighted by Gasteiger charge is -2.06. The van der Waals surface area contributed by atoms with Gasteiger partial charge in [-0.25, -0.2) is 0 Å². The topological polar surface area (TPSA) is 52.4 Å². The van der Waals surface area contributed by atoms with Crippen LogP contribution in [0.25, 0.3) is 0 Å². The lowest BCUT2D eigenvalue weighted by molar-refractivity contribution is -0.386. The molecule has 0 saturated heterocycles. The van der Waals surface area contributed by atoms with E-state index in [1.165, 1.54) is 18.2 Å². The first-order chi connectivity index (χ1) is 8.04. The number of hydrogen-bond acceptors (Lipinski definition) is 3. The van der Waals surface area contributed by atoms with E-state index in [0.29, 0.717) is 24.3 Å². The summed E-state index contributed by atoms with van der Waals surface area (Å²) in [5.74, 6) is 0.00271. The third-order valence-corrected chi connectivity index (χ3v) is 2.30. The molecule has 0 aliphatic rings. The quantitative estimate of drug-likeness (QED) is 0.450. The van der Waals surface area contributed by atoms with E-state index in [0.717, 1.165) is 0 Å². The average molecular weight is 266 g/mol. The van der Waals surface area contributed by atoms with Crippen molar-refractivity contribution in [3.05, 3.63) is 33.9 Å². The van der Waals surface area contributed by atoms with Gasteiger partial charge in [-0.1, -0.05) is 6.07 Å². The van der Waals surface area contributed by atoms with Crippen LogP contribution in [-0.2, 0) is 6.42 Å².